The van der Waals surface area contributed by atoms with Gasteiger partial charge >= 0.3 is 0 Å². The Hall–Kier alpha value is -1.03. The summed E-state index contributed by atoms with van der Waals surface area (Å²) in [6, 6.07) is 7.94. The third-order valence-corrected chi connectivity index (χ3v) is 2.85. The number of aromatic nitrogens is 1. The zero-order valence-corrected chi connectivity index (χ0v) is 8.75. The Labute approximate surface area is 91.9 Å². The summed E-state index contributed by atoms with van der Waals surface area (Å²) in [7, 11) is 0. The number of hydrogen-bond donors (Lipinski definition) is 1. The number of aromatic amines is 1. The summed E-state index contributed by atoms with van der Waals surface area (Å²) < 4.78 is 10.9. The molecule has 3 rings (SSSR count). The van der Waals surface area contributed by atoms with Gasteiger partial charge in [-0.3, -0.25) is 0 Å². The fourth-order valence-corrected chi connectivity index (χ4v) is 2.18. The molecule has 1 aromatic heterocycles. The molecule has 1 N–H and O–H groups in total. The molecular formula is C11H10ClNO2. The highest BCUT2D eigenvalue weighted by Gasteiger charge is 2.24. The van der Waals surface area contributed by atoms with Crippen molar-refractivity contribution in [3.63, 3.8) is 0 Å². The van der Waals surface area contributed by atoms with E-state index in [-0.39, 0.29) is 6.29 Å². The molecule has 78 valence electrons. The molecule has 0 atom stereocenters. The highest BCUT2D eigenvalue weighted by atomic mass is 35.5. The molecule has 2 aromatic rings. The van der Waals surface area contributed by atoms with E-state index < -0.39 is 0 Å². The maximum Gasteiger partial charge on any atom is 0.187 e. The van der Waals surface area contributed by atoms with Gasteiger partial charge in [-0.1, -0.05) is 29.8 Å². The van der Waals surface area contributed by atoms with Crippen molar-refractivity contribution >= 4 is 22.5 Å². The zero-order chi connectivity index (χ0) is 10.3. The lowest BCUT2D eigenvalue weighted by Gasteiger charge is -2.07. The monoisotopic (exact) mass is 223 g/mol. The first kappa shape index (κ1) is 9.21. The topological polar surface area (TPSA) is 34.2 Å². The SMILES string of the molecule is Clc1[nH]c2ccccc2c1C1OCCO1. The van der Waals surface area contributed by atoms with Gasteiger partial charge in [-0.25, -0.2) is 0 Å². The molecule has 4 heteroatoms. The Morgan fingerprint density at radius 2 is 1.93 bits per heavy atom. The van der Waals surface area contributed by atoms with E-state index in [0.717, 1.165) is 16.5 Å². The molecule has 3 nitrogen and oxygen atoms in total. The first-order valence-corrected chi connectivity index (χ1v) is 5.23. The summed E-state index contributed by atoms with van der Waals surface area (Å²) in [5.74, 6) is 0. The minimum Gasteiger partial charge on any atom is -0.346 e. The Bertz CT molecular complexity index is 488. The fraction of sp³-hybridized carbons (Fsp3) is 0.273. The summed E-state index contributed by atoms with van der Waals surface area (Å²) >= 11 is 6.13. The van der Waals surface area contributed by atoms with Gasteiger partial charge in [0.15, 0.2) is 6.29 Å². The van der Waals surface area contributed by atoms with Gasteiger partial charge in [-0.05, 0) is 6.07 Å². The third-order valence-electron chi connectivity index (χ3n) is 2.56. The fourth-order valence-electron chi connectivity index (χ4n) is 1.89. The summed E-state index contributed by atoms with van der Waals surface area (Å²) in [6.07, 6.45) is -0.325. The Morgan fingerprint density at radius 3 is 2.73 bits per heavy atom. The van der Waals surface area contributed by atoms with E-state index in [9.17, 15) is 0 Å². The van der Waals surface area contributed by atoms with Crippen molar-refractivity contribution in [3.8, 4) is 0 Å². The third kappa shape index (κ3) is 1.44. The molecule has 0 radical (unpaired) electrons. The second-order valence-electron chi connectivity index (χ2n) is 3.47. The van der Waals surface area contributed by atoms with Crippen molar-refractivity contribution in [2.45, 2.75) is 6.29 Å². The predicted octanol–water partition coefficient (Wildman–Crippen LogP) is 2.87. The highest BCUT2D eigenvalue weighted by molar-refractivity contribution is 6.31. The first-order valence-electron chi connectivity index (χ1n) is 4.85. The minimum absolute atomic E-state index is 0.325. The molecule has 0 unspecified atom stereocenters. The number of halogens is 1. The summed E-state index contributed by atoms with van der Waals surface area (Å²) in [4.78, 5) is 3.11. The number of hydrogen-bond acceptors (Lipinski definition) is 2. The molecule has 0 saturated carbocycles. The molecule has 2 heterocycles. The number of fused-ring (bicyclic) bond motifs is 1. The molecule has 1 aliphatic heterocycles. The van der Waals surface area contributed by atoms with Crippen LogP contribution in [0.5, 0.6) is 0 Å². The van der Waals surface area contributed by atoms with Gasteiger partial charge in [0.05, 0.1) is 18.8 Å². The molecule has 0 spiro atoms. The second-order valence-corrected chi connectivity index (χ2v) is 3.85. The van der Waals surface area contributed by atoms with Gasteiger partial charge in [0, 0.05) is 10.9 Å². The van der Waals surface area contributed by atoms with E-state index in [1.54, 1.807) is 0 Å². The Kier molecular flexibility index (Phi) is 2.16. The Morgan fingerprint density at radius 1 is 1.20 bits per heavy atom. The van der Waals surface area contributed by atoms with E-state index in [0.29, 0.717) is 18.4 Å². The van der Waals surface area contributed by atoms with Crippen LogP contribution in [0, 0.1) is 0 Å². The van der Waals surface area contributed by atoms with Crippen molar-refractivity contribution < 1.29 is 9.47 Å². The van der Waals surface area contributed by atoms with Crippen LogP contribution in [0.15, 0.2) is 24.3 Å². The largest absolute Gasteiger partial charge is 0.346 e. The van der Waals surface area contributed by atoms with Gasteiger partial charge in [0.1, 0.15) is 5.15 Å². The lowest BCUT2D eigenvalue weighted by Crippen LogP contribution is -1.97. The quantitative estimate of drug-likeness (QED) is 0.807. The smallest absolute Gasteiger partial charge is 0.187 e. The molecule has 0 amide bonds. The van der Waals surface area contributed by atoms with Gasteiger partial charge < -0.3 is 14.5 Å². The van der Waals surface area contributed by atoms with Crippen molar-refractivity contribution in [3.05, 3.63) is 35.0 Å². The Balaban J connectivity index is 2.19. The lowest BCUT2D eigenvalue weighted by molar-refractivity contribution is -0.0429. The van der Waals surface area contributed by atoms with E-state index in [2.05, 4.69) is 4.98 Å². The van der Waals surface area contributed by atoms with E-state index in [4.69, 9.17) is 21.1 Å². The van der Waals surface area contributed by atoms with E-state index >= 15 is 0 Å². The van der Waals surface area contributed by atoms with Gasteiger partial charge in [0.25, 0.3) is 0 Å². The van der Waals surface area contributed by atoms with Crippen LogP contribution in [0.25, 0.3) is 10.9 Å². The minimum atomic E-state index is -0.325. The average molecular weight is 224 g/mol. The van der Waals surface area contributed by atoms with Gasteiger partial charge in [0.2, 0.25) is 0 Å². The number of para-hydroxylation sites is 1. The number of H-pyrrole nitrogens is 1. The van der Waals surface area contributed by atoms with Crippen LogP contribution in [-0.4, -0.2) is 18.2 Å². The first-order chi connectivity index (χ1) is 7.36. The summed E-state index contributed by atoms with van der Waals surface area (Å²) in [5, 5.41) is 1.66. The highest BCUT2D eigenvalue weighted by Crippen LogP contribution is 2.35. The zero-order valence-electron chi connectivity index (χ0n) is 8.00. The van der Waals surface area contributed by atoms with Gasteiger partial charge in [-0.15, -0.1) is 0 Å². The second kappa shape index (κ2) is 3.52. The summed E-state index contributed by atoms with van der Waals surface area (Å²) in [6.45, 7) is 1.25. The van der Waals surface area contributed by atoms with Crippen molar-refractivity contribution in [1.82, 2.24) is 4.98 Å². The lowest BCUT2D eigenvalue weighted by atomic mass is 10.2. The molecule has 1 aromatic carbocycles. The number of nitrogens with one attached hydrogen (secondary N) is 1. The molecule has 0 aliphatic carbocycles. The van der Waals surface area contributed by atoms with Crippen LogP contribution in [0.3, 0.4) is 0 Å². The molecular weight excluding hydrogens is 214 g/mol. The molecule has 1 fully saturated rings. The number of rotatable bonds is 1. The van der Waals surface area contributed by atoms with Crippen molar-refractivity contribution in [1.29, 1.82) is 0 Å². The molecule has 0 bridgehead atoms. The van der Waals surface area contributed by atoms with Crippen molar-refractivity contribution in [2.24, 2.45) is 0 Å². The van der Waals surface area contributed by atoms with Crippen LogP contribution in [0.4, 0.5) is 0 Å². The molecule has 1 aliphatic rings. The van der Waals surface area contributed by atoms with Crippen LogP contribution >= 0.6 is 11.6 Å². The normalized spacial score (nSPS) is 17.7. The van der Waals surface area contributed by atoms with Gasteiger partial charge in [-0.2, -0.15) is 0 Å². The standard InChI is InChI=1S/C11H10ClNO2/c12-10-9(11-14-5-6-15-11)7-3-1-2-4-8(7)13-10/h1-4,11,13H,5-6H2. The van der Waals surface area contributed by atoms with E-state index in [1.807, 2.05) is 24.3 Å². The number of ether oxygens (including phenoxy) is 2. The maximum atomic E-state index is 6.13. The summed E-state index contributed by atoms with van der Waals surface area (Å²) in [5.41, 5.74) is 1.92. The van der Waals surface area contributed by atoms with Crippen LogP contribution in [0.2, 0.25) is 5.15 Å². The van der Waals surface area contributed by atoms with Crippen LogP contribution in [0.1, 0.15) is 11.9 Å². The molecule has 1 saturated heterocycles. The van der Waals surface area contributed by atoms with Crippen LogP contribution in [-0.2, 0) is 9.47 Å². The maximum absolute atomic E-state index is 6.13. The van der Waals surface area contributed by atoms with Crippen LogP contribution < -0.4 is 0 Å². The predicted molar refractivity (Wildman–Crippen MR) is 58.0 cm³/mol. The molecule has 15 heavy (non-hydrogen) atoms. The number of benzene rings is 1. The van der Waals surface area contributed by atoms with E-state index in [1.165, 1.54) is 0 Å². The van der Waals surface area contributed by atoms with Crippen molar-refractivity contribution in [2.75, 3.05) is 13.2 Å². The average Bonchev–Trinajstić information content (AvgIpc) is 2.82.